The second-order valence-electron chi connectivity index (χ2n) is 6.92. The van der Waals surface area contributed by atoms with E-state index in [1.54, 1.807) is 0 Å². The smallest absolute Gasteiger partial charge is 0.0431 e. The van der Waals surface area contributed by atoms with Crippen molar-refractivity contribution in [3.8, 4) is 0 Å². The van der Waals surface area contributed by atoms with Crippen LogP contribution < -0.4 is 0 Å². The van der Waals surface area contributed by atoms with Gasteiger partial charge in [0.1, 0.15) is 0 Å². The Kier molecular flexibility index (Phi) is 18.9. The fourth-order valence-corrected chi connectivity index (χ4v) is 3.27. The number of hydrogen-bond acceptors (Lipinski definition) is 2. The Morgan fingerprint density at radius 3 is 1.36 bits per heavy atom. The molecule has 134 valence electrons. The largest absolute Gasteiger partial charge is 0.396 e. The minimum absolute atomic E-state index is 0.349. The van der Waals surface area contributed by atoms with Gasteiger partial charge in [0.25, 0.3) is 0 Å². The van der Waals surface area contributed by atoms with Crippen LogP contribution in [0.5, 0.6) is 0 Å². The predicted molar refractivity (Wildman–Crippen MR) is 97.2 cm³/mol. The van der Waals surface area contributed by atoms with Crippen molar-refractivity contribution >= 4 is 0 Å². The molecule has 0 bridgehead atoms. The number of aliphatic hydroxyl groups excluding tert-OH is 2. The van der Waals surface area contributed by atoms with Crippen molar-refractivity contribution < 1.29 is 10.2 Å². The predicted octanol–water partition coefficient (Wildman–Crippen LogP) is 5.85. The van der Waals surface area contributed by atoms with Crippen molar-refractivity contribution in [1.29, 1.82) is 0 Å². The standard InChI is InChI=1S/C20H42O2/c1-2-3-4-5-7-10-15-20(17-12-14-19-22)16-11-8-6-9-13-18-21/h20-22H,2-19H2,1H3. The van der Waals surface area contributed by atoms with Gasteiger partial charge in [-0.25, -0.2) is 0 Å². The Labute approximate surface area is 139 Å². The molecule has 2 heteroatoms. The fraction of sp³-hybridized carbons (Fsp3) is 1.00. The van der Waals surface area contributed by atoms with Crippen LogP contribution in [0.2, 0.25) is 0 Å². The first-order valence-corrected chi connectivity index (χ1v) is 10.1. The third kappa shape index (κ3) is 16.3. The average molecular weight is 315 g/mol. The fourth-order valence-electron chi connectivity index (χ4n) is 3.27. The molecular formula is C20H42O2. The molecule has 0 aliphatic heterocycles. The summed E-state index contributed by atoms with van der Waals surface area (Å²) < 4.78 is 0. The summed E-state index contributed by atoms with van der Waals surface area (Å²) in [6.45, 7) is 2.98. The molecule has 22 heavy (non-hydrogen) atoms. The van der Waals surface area contributed by atoms with Crippen LogP contribution in [-0.4, -0.2) is 23.4 Å². The first-order valence-electron chi connectivity index (χ1n) is 10.1. The highest BCUT2D eigenvalue weighted by Gasteiger charge is 2.08. The SMILES string of the molecule is CCCCCCCCC(CCCCO)CCCCCCCO. The molecule has 0 fully saturated rings. The molecule has 0 aromatic heterocycles. The summed E-state index contributed by atoms with van der Waals surface area (Å²) in [6, 6.07) is 0. The van der Waals surface area contributed by atoms with Crippen LogP contribution in [0.1, 0.15) is 110 Å². The monoisotopic (exact) mass is 314 g/mol. The summed E-state index contributed by atoms with van der Waals surface area (Å²) >= 11 is 0. The van der Waals surface area contributed by atoms with Gasteiger partial charge >= 0.3 is 0 Å². The summed E-state index contributed by atoms with van der Waals surface area (Å²) in [5, 5.41) is 17.7. The Hall–Kier alpha value is -0.0800. The normalized spacial score (nSPS) is 12.7. The van der Waals surface area contributed by atoms with Gasteiger partial charge in [0.05, 0.1) is 0 Å². The lowest BCUT2D eigenvalue weighted by Gasteiger charge is -2.16. The molecule has 0 aromatic rings. The van der Waals surface area contributed by atoms with Gasteiger partial charge in [0.15, 0.2) is 0 Å². The van der Waals surface area contributed by atoms with E-state index >= 15 is 0 Å². The lowest BCUT2D eigenvalue weighted by atomic mass is 9.90. The van der Waals surface area contributed by atoms with Crippen molar-refractivity contribution in [2.24, 2.45) is 5.92 Å². The third-order valence-electron chi connectivity index (χ3n) is 4.76. The maximum Gasteiger partial charge on any atom is 0.0431 e. The van der Waals surface area contributed by atoms with Crippen molar-refractivity contribution in [3.05, 3.63) is 0 Å². The molecule has 0 heterocycles. The van der Waals surface area contributed by atoms with Crippen LogP contribution in [0.3, 0.4) is 0 Å². The highest BCUT2D eigenvalue weighted by atomic mass is 16.3. The molecule has 0 amide bonds. The van der Waals surface area contributed by atoms with E-state index in [-0.39, 0.29) is 0 Å². The van der Waals surface area contributed by atoms with E-state index in [2.05, 4.69) is 6.92 Å². The van der Waals surface area contributed by atoms with Gasteiger partial charge in [0.2, 0.25) is 0 Å². The molecular weight excluding hydrogens is 272 g/mol. The van der Waals surface area contributed by atoms with Crippen LogP contribution in [0.4, 0.5) is 0 Å². The molecule has 2 N–H and O–H groups in total. The lowest BCUT2D eigenvalue weighted by Crippen LogP contribution is -2.02. The van der Waals surface area contributed by atoms with Gasteiger partial charge in [-0.2, -0.15) is 0 Å². The van der Waals surface area contributed by atoms with Crippen LogP contribution in [0, 0.1) is 5.92 Å². The highest BCUT2D eigenvalue weighted by Crippen LogP contribution is 2.23. The van der Waals surface area contributed by atoms with Crippen molar-refractivity contribution in [2.75, 3.05) is 13.2 Å². The zero-order chi connectivity index (χ0) is 16.3. The third-order valence-corrected chi connectivity index (χ3v) is 4.76. The topological polar surface area (TPSA) is 40.5 Å². The second kappa shape index (κ2) is 19.0. The van der Waals surface area contributed by atoms with Gasteiger partial charge in [-0.1, -0.05) is 96.8 Å². The van der Waals surface area contributed by atoms with Gasteiger partial charge in [-0.05, 0) is 18.8 Å². The van der Waals surface area contributed by atoms with Gasteiger partial charge < -0.3 is 10.2 Å². The summed E-state index contributed by atoms with van der Waals surface area (Å²) in [4.78, 5) is 0. The number of aliphatic hydroxyl groups is 2. The van der Waals surface area contributed by atoms with Gasteiger partial charge in [-0.3, -0.25) is 0 Å². The quantitative estimate of drug-likeness (QED) is 0.312. The Morgan fingerprint density at radius 2 is 0.864 bits per heavy atom. The minimum atomic E-state index is 0.349. The van der Waals surface area contributed by atoms with Crippen molar-refractivity contribution in [2.45, 2.75) is 110 Å². The average Bonchev–Trinajstić information content (AvgIpc) is 2.53. The molecule has 0 aliphatic carbocycles. The first-order chi connectivity index (χ1) is 10.8. The Bertz CT molecular complexity index is 178. The lowest BCUT2D eigenvalue weighted by molar-refractivity contribution is 0.271. The molecule has 2 nitrogen and oxygen atoms in total. The molecule has 0 radical (unpaired) electrons. The second-order valence-corrected chi connectivity index (χ2v) is 6.92. The van der Waals surface area contributed by atoms with E-state index in [9.17, 15) is 0 Å². The van der Waals surface area contributed by atoms with Crippen molar-refractivity contribution in [1.82, 2.24) is 0 Å². The van der Waals surface area contributed by atoms with Crippen molar-refractivity contribution in [3.63, 3.8) is 0 Å². The first kappa shape index (κ1) is 21.9. The van der Waals surface area contributed by atoms with E-state index in [0.29, 0.717) is 13.2 Å². The van der Waals surface area contributed by atoms with Crippen LogP contribution in [-0.2, 0) is 0 Å². The zero-order valence-corrected chi connectivity index (χ0v) is 15.2. The number of hydrogen-bond donors (Lipinski definition) is 2. The molecule has 1 unspecified atom stereocenters. The molecule has 0 aromatic carbocycles. The molecule has 0 aliphatic rings. The van der Waals surface area contributed by atoms with Crippen LogP contribution in [0.25, 0.3) is 0 Å². The molecule has 0 rings (SSSR count). The minimum Gasteiger partial charge on any atom is -0.396 e. The number of rotatable bonds is 18. The van der Waals surface area contributed by atoms with Crippen LogP contribution in [0.15, 0.2) is 0 Å². The van der Waals surface area contributed by atoms with E-state index in [1.807, 2.05) is 0 Å². The van der Waals surface area contributed by atoms with E-state index in [4.69, 9.17) is 10.2 Å². The van der Waals surface area contributed by atoms with E-state index < -0.39 is 0 Å². The molecule has 0 spiro atoms. The maximum absolute atomic E-state index is 8.95. The summed E-state index contributed by atoms with van der Waals surface area (Å²) in [5.41, 5.74) is 0. The molecule has 1 atom stereocenters. The van der Waals surface area contributed by atoms with Crippen LogP contribution >= 0.6 is 0 Å². The van der Waals surface area contributed by atoms with E-state index in [0.717, 1.165) is 18.8 Å². The molecule has 0 saturated carbocycles. The van der Waals surface area contributed by atoms with E-state index in [1.165, 1.54) is 89.9 Å². The van der Waals surface area contributed by atoms with Gasteiger partial charge in [0, 0.05) is 13.2 Å². The maximum atomic E-state index is 8.95. The number of unbranched alkanes of at least 4 members (excludes halogenated alkanes) is 10. The Morgan fingerprint density at radius 1 is 0.500 bits per heavy atom. The summed E-state index contributed by atoms with van der Waals surface area (Å²) in [5.74, 6) is 0.885. The van der Waals surface area contributed by atoms with Gasteiger partial charge in [-0.15, -0.1) is 0 Å². The molecule has 0 saturated heterocycles. The Balaban J connectivity index is 3.65. The summed E-state index contributed by atoms with van der Waals surface area (Å²) in [7, 11) is 0. The summed E-state index contributed by atoms with van der Waals surface area (Å²) in [6.07, 6.45) is 20.7. The zero-order valence-electron chi connectivity index (χ0n) is 15.2. The highest BCUT2D eigenvalue weighted by molar-refractivity contribution is 4.61.